The van der Waals surface area contributed by atoms with E-state index in [1.165, 1.54) is 21.3 Å². The SMILES string of the molecule is COc1ccc2c(c1)C(=O)CC1(CCN(C(=O)c3cc(OC)c(OC)c(OC)c3)CC1)O2. The average molecular weight is 441 g/mol. The molecule has 0 unspecified atom stereocenters. The van der Waals surface area contributed by atoms with Gasteiger partial charge >= 0.3 is 0 Å². The molecule has 0 atom stereocenters. The third-order valence-corrected chi connectivity index (χ3v) is 6.17. The molecule has 2 heterocycles. The zero-order valence-electron chi connectivity index (χ0n) is 18.7. The first-order valence-electron chi connectivity index (χ1n) is 10.4. The summed E-state index contributed by atoms with van der Waals surface area (Å²) < 4.78 is 27.6. The standard InChI is InChI=1S/C24H27NO7/c1-28-16-5-6-19-17(13-16)18(26)14-24(32-19)7-9-25(10-8-24)23(27)15-11-20(29-2)22(31-4)21(12-15)30-3/h5-6,11-13H,7-10,14H2,1-4H3. The van der Waals surface area contributed by atoms with Gasteiger partial charge in [0.15, 0.2) is 17.3 Å². The molecule has 2 aromatic carbocycles. The van der Waals surface area contributed by atoms with Crippen LogP contribution in [0.1, 0.15) is 40.0 Å². The number of hydrogen-bond acceptors (Lipinski definition) is 7. The molecule has 2 aliphatic heterocycles. The van der Waals surface area contributed by atoms with Crippen LogP contribution in [0.5, 0.6) is 28.7 Å². The van der Waals surface area contributed by atoms with Crippen LogP contribution in [0, 0.1) is 0 Å². The summed E-state index contributed by atoms with van der Waals surface area (Å²) in [6.45, 7) is 0.961. The number of ether oxygens (including phenoxy) is 5. The second-order valence-electron chi connectivity index (χ2n) is 7.95. The summed E-state index contributed by atoms with van der Waals surface area (Å²) in [5.74, 6) is 2.40. The zero-order chi connectivity index (χ0) is 22.9. The van der Waals surface area contributed by atoms with Gasteiger partial charge in [0.2, 0.25) is 5.75 Å². The Hall–Kier alpha value is -3.42. The van der Waals surface area contributed by atoms with E-state index in [1.807, 2.05) is 0 Å². The van der Waals surface area contributed by atoms with Gasteiger partial charge in [0, 0.05) is 31.5 Å². The highest BCUT2D eigenvalue weighted by atomic mass is 16.5. The maximum absolute atomic E-state index is 13.2. The zero-order valence-corrected chi connectivity index (χ0v) is 18.7. The van der Waals surface area contributed by atoms with Crippen LogP contribution >= 0.6 is 0 Å². The summed E-state index contributed by atoms with van der Waals surface area (Å²) in [5.41, 5.74) is 0.407. The number of rotatable bonds is 5. The van der Waals surface area contributed by atoms with E-state index in [0.29, 0.717) is 72.2 Å². The average Bonchev–Trinajstić information content (AvgIpc) is 2.82. The van der Waals surface area contributed by atoms with Gasteiger partial charge in [0.05, 0.1) is 40.4 Å². The number of ketones is 1. The summed E-state index contributed by atoms with van der Waals surface area (Å²) in [6, 6.07) is 8.58. The van der Waals surface area contributed by atoms with Crippen LogP contribution in [0.15, 0.2) is 30.3 Å². The second-order valence-corrected chi connectivity index (χ2v) is 7.95. The fraction of sp³-hybridized carbons (Fsp3) is 0.417. The highest BCUT2D eigenvalue weighted by molar-refractivity contribution is 6.01. The largest absolute Gasteiger partial charge is 0.497 e. The minimum atomic E-state index is -0.593. The third kappa shape index (κ3) is 3.81. The second kappa shape index (κ2) is 8.61. The number of nitrogens with zero attached hydrogens (tertiary/aromatic N) is 1. The minimum Gasteiger partial charge on any atom is -0.497 e. The Morgan fingerprint density at radius 3 is 2.16 bits per heavy atom. The van der Waals surface area contributed by atoms with E-state index in [1.54, 1.807) is 42.3 Å². The Bertz CT molecular complexity index is 1020. The Balaban J connectivity index is 1.50. The highest BCUT2D eigenvalue weighted by Gasteiger charge is 2.44. The van der Waals surface area contributed by atoms with Crippen molar-refractivity contribution in [3.8, 4) is 28.7 Å². The molecule has 2 aliphatic rings. The van der Waals surface area contributed by atoms with Crippen LogP contribution in [0.4, 0.5) is 0 Å². The molecule has 0 radical (unpaired) electrons. The summed E-state index contributed by atoms with van der Waals surface area (Å²) in [6.07, 6.45) is 1.43. The summed E-state index contributed by atoms with van der Waals surface area (Å²) >= 11 is 0. The molecule has 0 N–H and O–H groups in total. The van der Waals surface area contributed by atoms with Crippen LogP contribution in [-0.2, 0) is 0 Å². The van der Waals surface area contributed by atoms with Crippen molar-refractivity contribution in [2.75, 3.05) is 41.5 Å². The summed E-state index contributed by atoms with van der Waals surface area (Å²) in [5, 5.41) is 0. The molecule has 0 bridgehead atoms. The van der Waals surface area contributed by atoms with Crippen LogP contribution in [-0.4, -0.2) is 63.7 Å². The number of amides is 1. The van der Waals surface area contributed by atoms with E-state index in [2.05, 4.69) is 0 Å². The molecule has 32 heavy (non-hydrogen) atoms. The fourth-order valence-electron chi connectivity index (χ4n) is 4.38. The molecule has 170 valence electrons. The highest BCUT2D eigenvalue weighted by Crippen LogP contribution is 2.42. The van der Waals surface area contributed by atoms with Gasteiger partial charge in [-0.3, -0.25) is 9.59 Å². The van der Waals surface area contributed by atoms with E-state index >= 15 is 0 Å². The number of hydrogen-bond donors (Lipinski definition) is 0. The Kier molecular flexibility index (Phi) is 5.86. The van der Waals surface area contributed by atoms with Crippen molar-refractivity contribution in [2.45, 2.75) is 24.9 Å². The first-order valence-corrected chi connectivity index (χ1v) is 10.4. The minimum absolute atomic E-state index is 0.0366. The Labute approximate surface area is 187 Å². The predicted molar refractivity (Wildman–Crippen MR) is 117 cm³/mol. The van der Waals surface area contributed by atoms with Crippen LogP contribution in [0.3, 0.4) is 0 Å². The van der Waals surface area contributed by atoms with Crippen LogP contribution in [0.2, 0.25) is 0 Å². The molecule has 1 amide bonds. The Morgan fingerprint density at radius 1 is 0.938 bits per heavy atom. The Morgan fingerprint density at radius 2 is 1.59 bits per heavy atom. The van der Waals surface area contributed by atoms with Crippen molar-refractivity contribution in [3.63, 3.8) is 0 Å². The first kappa shape index (κ1) is 21.8. The van der Waals surface area contributed by atoms with Gasteiger partial charge in [-0.2, -0.15) is 0 Å². The number of Topliss-reactive ketones (excluding diaryl/α,β-unsaturated/α-hetero) is 1. The fourth-order valence-corrected chi connectivity index (χ4v) is 4.38. The van der Waals surface area contributed by atoms with Crippen molar-refractivity contribution in [1.29, 1.82) is 0 Å². The van der Waals surface area contributed by atoms with E-state index in [-0.39, 0.29) is 11.7 Å². The van der Waals surface area contributed by atoms with Gasteiger partial charge in [-0.15, -0.1) is 0 Å². The lowest BCUT2D eigenvalue weighted by Gasteiger charge is -2.44. The van der Waals surface area contributed by atoms with E-state index in [9.17, 15) is 9.59 Å². The van der Waals surface area contributed by atoms with Gasteiger partial charge < -0.3 is 28.6 Å². The lowest BCUT2D eigenvalue weighted by molar-refractivity contribution is -0.00578. The number of piperidine rings is 1. The molecule has 8 heteroatoms. The number of methoxy groups -OCH3 is 4. The van der Waals surface area contributed by atoms with Gasteiger partial charge in [0.25, 0.3) is 5.91 Å². The van der Waals surface area contributed by atoms with Crippen molar-refractivity contribution in [1.82, 2.24) is 4.90 Å². The van der Waals surface area contributed by atoms with Crippen molar-refractivity contribution in [2.24, 2.45) is 0 Å². The maximum Gasteiger partial charge on any atom is 0.254 e. The molecule has 1 saturated heterocycles. The van der Waals surface area contributed by atoms with E-state index < -0.39 is 5.60 Å². The maximum atomic E-state index is 13.2. The normalized spacial score (nSPS) is 16.8. The molecule has 2 aromatic rings. The number of benzene rings is 2. The van der Waals surface area contributed by atoms with Crippen LogP contribution in [0.25, 0.3) is 0 Å². The summed E-state index contributed by atoms with van der Waals surface area (Å²) in [7, 11) is 6.12. The number of carbonyl (C=O) groups is 2. The summed E-state index contributed by atoms with van der Waals surface area (Å²) in [4.78, 5) is 27.8. The predicted octanol–water partition coefficient (Wildman–Crippen LogP) is 3.36. The topological polar surface area (TPSA) is 83.5 Å². The molecule has 8 nitrogen and oxygen atoms in total. The molecule has 1 spiro atoms. The number of carbonyl (C=O) groups excluding carboxylic acids is 2. The first-order chi connectivity index (χ1) is 15.4. The lowest BCUT2D eigenvalue weighted by atomic mass is 9.82. The van der Waals surface area contributed by atoms with Gasteiger partial charge in [-0.05, 0) is 30.3 Å². The molecule has 1 fully saturated rings. The molecule has 4 rings (SSSR count). The molecule has 0 aromatic heterocycles. The number of fused-ring (bicyclic) bond motifs is 1. The molecule has 0 saturated carbocycles. The molecular formula is C24H27NO7. The molecular weight excluding hydrogens is 414 g/mol. The van der Waals surface area contributed by atoms with Crippen LogP contribution < -0.4 is 23.7 Å². The van der Waals surface area contributed by atoms with Crippen molar-refractivity contribution < 1.29 is 33.3 Å². The van der Waals surface area contributed by atoms with E-state index in [0.717, 1.165) is 0 Å². The van der Waals surface area contributed by atoms with Gasteiger partial charge in [-0.25, -0.2) is 0 Å². The van der Waals surface area contributed by atoms with Gasteiger partial charge in [-0.1, -0.05) is 0 Å². The smallest absolute Gasteiger partial charge is 0.254 e. The third-order valence-electron chi connectivity index (χ3n) is 6.17. The quantitative estimate of drug-likeness (QED) is 0.704. The van der Waals surface area contributed by atoms with E-state index in [4.69, 9.17) is 23.7 Å². The van der Waals surface area contributed by atoms with Gasteiger partial charge in [0.1, 0.15) is 17.1 Å². The molecule has 0 aliphatic carbocycles. The van der Waals surface area contributed by atoms with Crippen molar-refractivity contribution in [3.05, 3.63) is 41.5 Å². The monoisotopic (exact) mass is 441 g/mol. The van der Waals surface area contributed by atoms with Crippen molar-refractivity contribution >= 4 is 11.7 Å². The lowest BCUT2D eigenvalue weighted by Crippen LogP contribution is -2.52. The number of likely N-dealkylation sites (tertiary alicyclic amines) is 1.